The first-order valence-corrected chi connectivity index (χ1v) is 3.65. The van der Waals surface area contributed by atoms with Gasteiger partial charge in [-0.3, -0.25) is 14.9 Å². The summed E-state index contributed by atoms with van der Waals surface area (Å²) >= 11 is 0. The largest absolute Gasteiger partial charge is 0.479 e. The number of nitro benzene ring substituents is 1. The average Bonchev–Trinajstić information content (AvgIpc) is 2.15. The highest BCUT2D eigenvalue weighted by molar-refractivity contribution is 5.53. The number of carbonyl (C=O) groups is 1. The van der Waals surface area contributed by atoms with Gasteiger partial charge in [-0.15, -0.1) is 0 Å². The van der Waals surface area contributed by atoms with Gasteiger partial charge in [-0.1, -0.05) is 0 Å². The minimum atomic E-state index is -0.775. The van der Waals surface area contributed by atoms with E-state index in [9.17, 15) is 19.3 Å². The number of aldehydes is 1. The summed E-state index contributed by atoms with van der Waals surface area (Å²) in [6.07, 6.45) is 0.451. The molecule has 0 fully saturated rings. The number of nitrogens with zero attached hydrogens (tertiary/aromatic N) is 1. The third-order valence-corrected chi connectivity index (χ3v) is 1.42. The predicted molar refractivity (Wildman–Crippen MR) is 44.6 cm³/mol. The molecule has 0 aliphatic rings. The van der Waals surface area contributed by atoms with Gasteiger partial charge in [0.15, 0.2) is 12.0 Å². The Bertz CT molecular complexity index is 366. The smallest absolute Gasteiger partial charge is 0.313 e. The Balaban J connectivity index is 3.01. The molecule has 0 aliphatic heterocycles. The Morgan fingerprint density at radius 3 is 2.86 bits per heavy atom. The molecule has 1 aromatic rings. The molecule has 6 heteroatoms. The zero-order valence-corrected chi connectivity index (χ0v) is 6.97. The van der Waals surface area contributed by atoms with Gasteiger partial charge in [-0.2, -0.15) is 0 Å². The van der Waals surface area contributed by atoms with Gasteiger partial charge in [0, 0.05) is 0 Å². The molecule has 0 atom stereocenters. The fraction of sp³-hybridized carbons (Fsp3) is 0.125. The van der Waals surface area contributed by atoms with Gasteiger partial charge < -0.3 is 4.74 Å². The van der Waals surface area contributed by atoms with E-state index in [2.05, 4.69) is 0 Å². The second-order valence-corrected chi connectivity index (χ2v) is 2.35. The van der Waals surface area contributed by atoms with E-state index in [1.54, 1.807) is 0 Å². The highest BCUT2D eigenvalue weighted by Crippen LogP contribution is 2.26. The summed E-state index contributed by atoms with van der Waals surface area (Å²) < 4.78 is 17.3. The lowest BCUT2D eigenvalue weighted by Gasteiger charge is -2.02. The molecular formula is C8H6FNO4. The molecule has 0 spiro atoms. The van der Waals surface area contributed by atoms with Crippen molar-refractivity contribution in [2.75, 3.05) is 6.61 Å². The Morgan fingerprint density at radius 2 is 2.29 bits per heavy atom. The van der Waals surface area contributed by atoms with Crippen molar-refractivity contribution in [3.05, 3.63) is 34.1 Å². The van der Waals surface area contributed by atoms with Crippen LogP contribution in [0.25, 0.3) is 0 Å². The zero-order valence-electron chi connectivity index (χ0n) is 6.97. The van der Waals surface area contributed by atoms with Crippen molar-refractivity contribution < 1.29 is 18.8 Å². The molecule has 0 N–H and O–H groups in total. The van der Waals surface area contributed by atoms with Crippen LogP contribution in [0.5, 0.6) is 5.75 Å². The first kappa shape index (κ1) is 10.1. The Kier molecular flexibility index (Phi) is 3.11. The van der Waals surface area contributed by atoms with Crippen molar-refractivity contribution in [1.29, 1.82) is 0 Å². The van der Waals surface area contributed by atoms with E-state index in [0.717, 1.165) is 18.2 Å². The fourth-order valence-electron chi connectivity index (χ4n) is 0.879. The van der Waals surface area contributed by atoms with Crippen molar-refractivity contribution in [2.45, 2.75) is 0 Å². The van der Waals surface area contributed by atoms with Crippen molar-refractivity contribution >= 4 is 12.0 Å². The second-order valence-electron chi connectivity index (χ2n) is 2.35. The number of hydrogen-bond acceptors (Lipinski definition) is 4. The molecule has 0 saturated carbocycles. The molecule has 14 heavy (non-hydrogen) atoms. The second kappa shape index (κ2) is 4.31. The van der Waals surface area contributed by atoms with Crippen molar-refractivity contribution in [3.63, 3.8) is 0 Å². The molecule has 0 saturated heterocycles. The molecular weight excluding hydrogens is 193 g/mol. The minimum Gasteiger partial charge on any atom is -0.479 e. The molecule has 1 aromatic carbocycles. The molecule has 1 rings (SSSR count). The van der Waals surface area contributed by atoms with Crippen molar-refractivity contribution in [1.82, 2.24) is 0 Å². The first-order chi connectivity index (χ1) is 6.65. The lowest BCUT2D eigenvalue weighted by atomic mass is 10.3. The van der Waals surface area contributed by atoms with Crippen LogP contribution in [0, 0.1) is 15.9 Å². The van der Waals surface area contributed by atoms with Crippen LogP contribution in [0.2, 0.25) is 0 Å². The highest BCUT2D eigenvalue weighted by Gasteiger charge is 2.15. The molecule has 74 valence electrons. The number of nitro groups is 1. The molecule has 0 unspecified atom stereocenters. The molecule has 0 aromatic heterocycles. The van der Waals surface area contributed by atoms with Crippen LogP contribution >= 0.6 is 0 Å². The number of carbonyl (C=O) groups excluding carboxylic acids is 1. The number of benzene rings is 1. The number of halogens is 1. The third kappa shape index (κ3) is 2.25. The maximum absolute atomic E-state index is 12.6. The van der Waals surface area contributed by atoms with Crippen molar-refractivity contribution in [3.8, 4) is 5.75 Å². The summed E-state index contributed by atoms with van der Waals surface area (Å²) in [6.45, 7) is -0.299. The van der Waals surface area contributed by atoms with Crippen LogP contribution in [0.15, 0.2) is 18.2 Å². The quantitative estimate of drug-likeness (QED) is 0.416. The normalized spacial score (nSPS) is 9.50. The van der Waals surface area contributed by atoms with E-state index in [1.807, 2.05) is 0 Å². The summed E-state index contributed by atoms with van der Waals surface area (Å²) in [6, 6.07) is 2.87. The topological polar surface area (TPSA) is 69.4 Å². The van der Waals surface area contributed by atoms with Crippen LogP contribution < -0.4 is 4.74 Å². The van der Waals surface area contributed by atoms with Gasteiger partial charge in [-0.25, -0.2) is 4.39 Å². The monoisotopic (exact) mass is 199 g/mol. The average molecular weight is 199 g/mol. The molecule has 0 bridgehead atoms. The molecule has 5 nitrogen and oxygen atoms in total. The molecule has 0 amide bonds. The van der Waals surface area contributed by atoms with Gasteiger partial charge in [0.05, 0.1) is 11.0 Å². The number of hydrogen-bond donors (Lipinski definition) is 0. The summed E-state index contributed by atoms with van der Waals surface area (Å²) in [4.78, 5) is 19.6. The summed E-state index contributed by atoms with van der Waals surface area (Å²) in [7, 11) is 0. The highest BCUT2D eigenvalue weighted by atomic mass is 19.1. The maximum atomic E-state index is 12.6. The lowest BCUT2D eigenvalue weighted by molar-refractivity contribution is -0.386. The Hall–Kier alpha value is -1.98. The van der Waals surface area contributed by atoms with Crippen LogP contribution in [-0.4, -0.2) is 17.8 Å². The Labute approximate surface area is 78.3 Å². The summed E-state index contributed by atoms with van der Waals surface area (Å²) in [5.41, 5.74) is -0.494. The van der Waals surface area contributed by atoms with Crippen LogP contribution in [-0.2, 0) is 4.79 Å². The fourth-order valence-corrected chi connectivity index (χ4v) is 0.879. The van der Waals surface area contributed by atoms with Gasteiger partial charge in [-0.05, 0) is 12.1 Å². The third-order valence-electron chi connectivity index (χ3n) is 1.42. The van der Waals surface area contributed by atoms with Gasteiger partial charge >= 0.3 is 5.69 Å². The number of rotatable bonds is 4. The van der Waals surface area contributed by atoms with Crippen molar-refractivity contribution in [2.24, 2.45) is 0 Å². The summed E-state index contributed by atoms with van der Waals surface area (Å²) in [5.74, 6) is -0.848. The van der Waals surface area contributed by atoms with Gasteiger partial charge in [0.2, 0.25) is 0 Å². The standard InChI is InChI=1S/C8H6FNO4/c9-6-1-2-8(14-4-3-11)7(5-6)10(12)13/h1-3,5H,4H2. The van der Waals surface area contributed by atoms with E-state index >= 15 is 0 Å². The van der Waals surface area contributed by atoms with E-state index in [0.29, 0.717) is 6.29 Å². The molecule has 0 aliphatic carbocycles. The molecule has 0 heterocycles. The number of ether oxygens (including phenoxy) is 1. The Morgan fingerprint density at radius 1 is 1.57 bits per heavy atom. The SMILES string of the molecule is O=CCOc1ccc(F)cc1[N+](=O)[O-]. The lowest BCUT2D eigenvalue weighted by Crippen LogP contribution is -2.01. The predicted octanol–water partition coefficient (Wildman–Crippen LogP) is 1.31. The first-order valence-electron chi connectivity index (χ1n) is 3.65. The zero-order chi connectivity index (χ0) is 10.6. The van der Waals surface area contributed by atoms with E-state index in [-0.39, 0.29) is 12.4 Å². The van der Waals surface area contributed by atoms with Crippen LogP contribution in [0.1, 0.15) is 0 Å². The van der Waals surface area contributed by atoms with Crippen LogP contribution in [0.3, 0.4) is 0 Å². The molecule has 0 radical (unpaired) electrons. The van der Waals surface area contributed by atoms with E-state index in [4.69, 9.17) is 4.74 Å². The van der Waals surface area contributed by atoms with Crippen LogP contribution in [0.4, 0.5) is 10.1 Å². The maximum Gasteiger partial charge on any atom is 0.313 e. The van der Waals surface area contributed by atoms with Gasteiger partial charge in [0.25, 0.3) is 0 Å². The summed E-state index contributed by atoms with van der Waals surface area (Å²) in [5, 5.41) is 10.4. The van der Waals surface area contributed by atoms with E-state index < -0.39 is 16.4 Å². The van der Waals surface area contributed by atoms with E-state index in [1.165, 1.54) is 0 Å². The van der Waals surface area contributed by atoms with Gasteiger partial charge in [0.1, 0.15) is 12.4 Å². The minimum absolute atomic E-state index is 0.122.